The van der Waals surface area contributed by atoms with Crippen molar-refractivity contribution in [2.45, 2.75) is 37.6 Å². The average molecular weight is 447 g/mol. The number of pyridine rings is 1. The van der Waals surface area contributed by atoms with E-state index in [4.69, 9.17) is 4.74 Å². The highest BCUT2D eigenvalue weighted by Gasteiger charge is 2.47. The zero-order valence-corrected chi connectivity index (χ0v) is 18.2. The van der Waals surface area contributed by atoms with E-state index in [1.807, 2.05) is 59.3 Å². The first-order valence-electron chi connectivity index (χ1n) is 11.1. The lowest BCUT2D eigenvalue weighted by molar-refractivity contribution is -0.171. The fraction of sp³-hybridized carbons (Fsp3) is 0.333. The molecule has 2 aromatic heterocycles. The number of imidazole rings is 1. The molecule has 0 radical (unpaired) electrons. The fourth-order valence-corrected chi connectivity index (χ4v) is 4.46. The minimum absolute atomic E-state index is 0.139. The van der Waals surface area contributed by atoms with Gasteiger partial charge in [-0.3, -0.25) is 9.78 Å². The Balaban J connectivity index is 1.25. The van der Waals surface area contributed by atoms with Gasteiger partial charge in [0.2, 0.25) is 0 Å². The smallest absolute Gasteiger partial charge is 0.321 e. The van der Waals surface area contributed by atoms with Gasteiger partial charge in [0.05, 0.1) is 18.8 Å². The molecule has 1 spiro atoms. The van der Waals surface area contributed by atoms with E-state index < -0.39 is 11.7 Å². The summed E-state index contributed by atoms with van der Waals surface area (Å²) in [6, 6.07) is 14.9. The first-order valence-corrected chi connectivity index (χ1v) is 11.1. The molecule has 1 fully saturated rings. The summed E-state index contributed by atoms with van der Waals surface area (Å²) >= 11 is 0. The van der Waals surface area contributed by atoms with Crippen LogP contribution in [0.15, 0.2) is 67.1 Å². The number of amides is 3. The lowest BCUT2D eigenvalue weighted by Gasteiger charge is -2.45. The number of benzene rings is 1. The van der Waals surface area contributed by atoms with E-state index in [1.165, 1.54) is 0 Å². The predicted octanol–water partition coefficient (Wildman–Crippen LogP) is 2.52. The van der Waals surface area contributed by atoms with Crippen molar-refractivity contribution in [3.05, 3.63) is 78.6 Å². The number of ether oxygens (including phenoxy) is 1. The molecular formula is C24H26N6O3. The Kier molecular flexibility index (Phi) is 5.78. The number of piperidine rings is 1. The first-order chi connectivity index (χ1) is 16.1. The fourth-order valence-electron chi connectivity index (χ4n) is 4.46. The normalized spacial score (nSPS) is 19.0. The molecule has 4 heterocycles. The van der Waals surface area contributed by atoms with Gasteiger partial charge in [0.15, 0.2) is 6.10 Å². The van der Waals surface area contributed by atoms with E-state index in [-0.39, 0.29) is 11.9 Å². The summed E-state index contributed by atoms with van der Waals surface area (Å²) < 4.78 is 8.42. The lowest BCUT2D eigenvalue weighted by atomic mass is 9.88. The molecule has 3 amide bonds. The number of hydrogen-bond acceptors (Lipinski definition) is 5. The van der Waals surface area contributed by atoms with Crippen LogP contribution >= 0.6 is 0 Å². The summed E-state index contributed by atoms with van der Waals surface area (Å²) in [6.45, 7) is 1.77. The van der Waals surface area contributed by atoms with Gasteiger partial charge in [0.25, 0.3) is 5.91 Å². The molecule has 0 saturated carbocycles. The largest absolute Gasteiger partial charge is 0.352 e. The molecule has 1 saturated heterocycles. The zero-order valence-electron chi connectivity index (χ0n) is 18.2. The van der Waals surface area contributed by atoms with Gasteiger partial charge >= 0.3 is 6.03 Å². The third-order valence-corrected chi connectivity index (χ3v) is 6.20. The summed E-state index contributed by atoms with van der Waals surface area (Å²) in [5, 5.41) is 5.86. The molecule has 33 heavy (non-hydrogen) atoms. The van der Waals surface area contributed by atoms with Crippen LogP contribution in [0.2, 0.25) is 0 Å². The van der Waals surface area contributed by atoms with Gasteiger partial charge in [-0.1, -0.05) is 24.3 Å². The van der Waals surface area contributed by atoms with Gasteiger partial charge in [-0.15, -0.1) is 0 Å². The molecule has 3 aromatic rings. The van der Waals surface area contributed by atoms with Crippen molar-refractivity contribution in [2.75, 3.05) is 18.4 Å². The Morgan fingerprint density at radius 2 is 1.82 bits per heavy atom. The van der Waals surface area contributed by atoms with Crippen LogP contribution < -0.4 is 10.6 Å². The average Bonchev–Trinajstić information content (AvgIpc) is 3.34. The van der Waals surface area contributed by atoms with Gasteiger partial charge < -0.3 is 24.8 Å². The second kappa shape index (κ2) is 9.03. The summed E-state index contributed by atoms with van der Waals surface area (Å²) in [7, 11) is 0. The molecule has 0 bridgehead atoms. The number of anilines is 1. The van der Waals surface area contributed by atoms with Crippen molar-refractivity contribution in [3.8, 4) is 0 Å². The highest BCUT2D eigenvalue weighted by molar-refractivity contribution is 5.89. The van der Waals surface area contributed by atoms with Crippen molar-refractivity contribution in [1.82, 2.24) is 24.8 Å². The molecule has 2 aliphatic rings. The quantitative estimate of drug-likeness (QED) is 0.641. The maximum atomic E-state index is 12.9. The van der Waals surface area contributed by atoms with Crippen molar-refractivity contribution in [2.24, 2.45) is 0 Å². The maximum Gasteiger partial charge on any atom is 0.321 e. The van der Waals surface area contributed by atoms with Crippen LogP contribution in [0.3, 0.4) is 0 Å². The number of para-hydroxylation sites is 1. The molecular weight excluding hydrogens is 420 g/mol. The molecule has 9 nitrogen and oxygen atoms in total. The van der Waals surface area contributed by atoms with E-state index in [9.17, 15) is 9.59 Å². The molecule has 9 heteroatoms. The Labute approximate surface area is 191 Å². The number of rotatable bonds is 4. The molecule has 0 unspecified atom stereocenters. The summed E-state index contributed by atoms with van der Waals surface area (Å²) in [6.07, 6.45) is 5.82. The highest BCUT2D eigenvalue weighted by Crippen LogP contribution is 2.40. The maximum absolute atomic E-state index is 12.9. The third kappa shape index (κ3) is 4.45. The van der Waals surface area contributed by atoms with Crippen LogP contribution in [0.1, 0.15) is 24.4 Å². The van der Waals surface area contributed by atoms with Gasteiger partial charge in [0.1, 0.15) is 11.4 Å². The SMILES string of the molecule is O=C(NCc1ccccn1)[C@H]1Cn2ccnc2C2(CCN(C(=O)Nc3ccccc3)CC2)O1. The van der Waals surface area contributed by atoms with Crippen molar-refractivity contribution >= 4 is 17.6 Å². The number of aromatic nitrogens is 3. The number of fused-ring (bicyclic) bond motifs is 2. The molecule has 0 aliphatic carbocycles. The third-order valence-electron chi connectivity index (χ3n) is 6.20. The monoisotopic (exact) mass is 446 g/mol. The van der Waals surface area contributed by atoms with E-state index >= 15 is 0 Å². The second-order valence-corrected chi connectivity index (χ2v) is 8.33. The molecule has 170 valence electrons. The number of carbonyl (C=O) groups is 2. The van der Waals surface area contributed by atoms with E-state index in [0.717, 1.165) is 17.2 Å². The van der Waals surface area contributed by atoms with Gasteiger partial charge in [-0.05, 0) is 24.3 Å². The van der Waals surface area contributed by atoms with E-state index in [2.05, 4.69) is 20.6 Å². The van der Waals surface area contributed by atoms with Crippen LogP contribution in [0.4, 0.5) is 10.5 Å². The van der Waals surface area contributed by atoms with Crippen LogP contribution in [0.25, 0.3) is 0 Å². The summed E-state index contributed by atoms with van der Waals surface area (Å²) in [5.41, 5.74) is 0.854. The minimum atomic E-state index is -0.696. The Morgan fingerprint density at radius 3 is 2.58 bits per heavy atom. The van der Waals surface area contributed by atoms with Gasteiger partial charge in [-0.25, -0.2) is 9.78 Å². The van der Waals surface area contributed by atoms with E-state index in [0.29, 0.717) is 39.0 Å². The highest BCUT2D eigenvalue weighted by atomic mass is 16.5. The van der Waals surface area contributed by atoms with Crippen LogP contribution in [0.5, 0.6) is 0 Å². The number of urea groups is 1. The standard InChI is InChI=1S/C24H26N6O3/c31-21(27-16-19-8-4-5-11-25-19)20-17-30-15-12-26-22(30)24(33-20)9-13-29(14-10-24)23(32)28-18-6-2-1-3-7-18/h1-8,11-12,15,20H,9-10,13-14,16-17H2,(H,27,31)(H,28,32)/t20-/m1/s1. The number of nitrogens with zero attached hydrogens (tertiary/aromatic N) is 4. The number of likely N-dealkylation sites (tertiary alicyclic amines) is 1. The lowest BCUT2D eigenvalue weighted by Crippen LogP contribution is -2.55. The van der Waals surface area contributed by atoms with Gasteiger partial charge in [-0.2, -0.15) is 0 Å². The Hall–Kier alpha value is -3.72. The summed E-state index contributed by atoms with van der Waals surface area (Å²) in [4.78, 5) is 36.2. The minimum Gasteiger partial charge on any atom is -0.352 e. The molecule has 2 N–H and O–H groups in total. The first kappa shape index (κ1) is 21.1. The molecule has 1 aromatic carbocycles. The molecule has 5 rings (SSSR count). The zero-order chi connectivity index (χ0) is 22.7. The topological polar surface area (TPSA) is 101 Å². The van der Waals surface area contributed by atoms with E-state index in [1.54, 1.807) is 17.3 Å². The van der Waals surface area contributed by atoms with Gasteiger partial charge in [0, 0.05) is 50.2 Å². The number of carbonyl (C=O) groups excluding carboxylic acids is 2. The number of nitrogens with one attached hydrogen (secondary N) is 2. The van der Waals surface area contributed by atoms with Crippen LogP contribution in [0, 0.1) is 0 Å². The molecule has 1 atom stereocenters. The van der Waals surface area contributed by atoms with Crippen molar-refractivity contribution < 1.29 is 14.3 Å². The molecule has 2 aliphatic heterocycles. The van der Waals surface area contributed by atoms with Crippen molar-refractivity contribution in [1.29, 1.82) is 0 Å². The second-order valence-electron chi connectivity index (χ2n) is 8.33. The Morgan fingerprint density at radius 1 is 1.03 bits per heavy atom. The number of hydrogen-bond donors (Lipinski definition) is 2. The summed E-state index contributed by atoms with van der Waals surface area (Å²) in [5.74, 6) is 0.642. The van der Waals surface area contributed by atoms with Crippen LogP contribution in [-0.4, -0.2) is 50.6 Å². The predicted molar refractivity (Wildman–Crippen MR) is 121 cm³/mol. The Bertz CT molecular complexity index is 1110. The van der Waals surface area contributed by atoms with Crippen molar-refractivity contribution in [3.63, 3.8) is 0 Å². The van der Waals surface area contributed by atoms with Crippen LogP contribution in [-0.2, 0) is 28.2 Å².